The van der Waals surface area contributed by atoms with Gasteiger partial charge in [0, 0.05) is 43.4 Å². The van der Waals surface area contributed by atoms with Gasteiger partial charge in [-0.25, -0.2) is 9.78 Å². The number of amides is 2. The molecule has 22 heavy (non-hydrogen) atoms. The normalized spacial score (nSPS) is 21.1. The van der Waals surface area contributed by atoms with Crippen LogP contribution in [0, 0.1) is 5.41 Å². The summed E-state index contributed by atoms with van der Waals surface area (Å²) in [4.78, 5) is 29.9. The standard InChI is InChI=1S/C15H18N4O3/c1-15(13(20)22-2)4-7-19(10-15)14(21)17-11-3-6-18-8-5-16-12(18)9-11/h3,5-6,8-9H,4,7,10H2,1-2H3,(H,17,21). The molecule has 1 fully saturated rings. The number of carbonyl (C=O) groups excluding carboxylic acids is 2. The molecular formula is C15H18N4O3. The zero-order chi connectivity index (χ0) is 15.7. The molecule has 2 amide bonds. The van der Waals surface area contributed by atoms with Crippen LogP contribution < -0.4 is 5.32 Å². The minimum Gasteiger partial charge on any atom is -0.469 e. The third-order valence-electron chi connectivity index (χ3n) is 4.09. The summed E-state index contributed by atoms with van der Waals surface area (Å²) < 4.78 is 6.68. The van der Waals surface area contributed by atoms with Crippen LogP contribution in [0.3, 0.4) is 0 Å². The van der Waals surface area contributed by atoms with Crippen molar-refractivity contribution in [2.45, 2.75) is 13.3 Å². The number of nitrogens with zero attached hydrogens (tertiary/aromatic N) is 3. The Kier molecular flexibility index (Phi) is 3.48. The van der Waals surface area contributed by atoms with E-state index in [9.17, 15) is 9.59 Å². The van der Waals surface area contributed by atoms with Gasteiger partial charge in [0.15, 0.2) is 0 Å². The fraction of sp³-hybridized carbons (Fsp3) is 0.400. The Morgan fingerprint density at radius 2 is 2.23 bits per heavy atom. The molecular weight excluding hydrogens is 284 g/mol. The molecule has 7 nitrogen and oxygen atoms in total. The summed E-state index contributed by atoms with van der Waals surface area (Å²) in [7, 11) is 1.37. The number of urea groups is 1. The first-order chi connectivity index (χ1) is 10.5. The molecule has 0 saturated carbocycles. The summed E-state index contributed by atoms with van der Waals surface area (Å²) in [5.74, 6) is -0.276. The van der Waals surface area contributed by atoms with E-state index >= 15 is 0 Å². The molecule has 1 aliphatic heterocycles. The largest absolute Gasteiger partial charge is 0.469 e. The van der Waals surface area contributed by atoms with Gasteiger partial charge in [-0.05, 0) is 19.4 Å². The minimum absolute atomic E-state index is 0.219. The summed E-state index contributed by atoms with van der Waals surface area (Å²) in [5, 5.41) is 2.84. The fourth-order valence-electron chi connectivity index (χ4n) is 2.74. The second kappa shape index (κ2) is 5.32. The summed E-state index contributed by atoms with van der Waals surface area (Å²) in [6.07, 6.45) is 5.97. The molecule has 0 radical (unpaired) electrons. The molecule has 0 aromatic carbocycles. The molecule has 1 aliphatic rings. The van der Waals surface area contributed by atoms with E-state index in [1.165, 1.54) is 7.11 Å². The Hall–Kier alpha value is -2.57. The number of hydrogen-bond acceptors (Lipinski definition) is 4. The van der Waals surface area contributed by atoms with Gasteiger partial charge in [0.1, 0.15) is 5.65 Å². The van der Waals surface area contributed by atoms with Gasteiger partial charge < -0.3 is 19.4 Å². The number of imidazole rings is 1. The van der Waals surface area contributed by atoms with Gasteiger partial charge in [-0.3, -0.25) is 4.79 Å². The van der Waals surface area contributed by atoms with Crippen LogP contribution in [-0.2, 0) is 9.53 Å². The van der Waals surface area contributed by atoms with Crippen LogP contribution in [0.25, 0.3) is 5.65 Å². The Balaban J connectivity index is 1.68. The number of hydrogen-bond donors (Lipinski definition) is 1. The van der Waals surface area contributed by atoms with Gasteiger partial charge in [-0.1, -0.05) is 0 Å². The lowest BCUT2D eigenvalue weighted by Gasteiger charge is -2.22. The molecule has 1 atom stereocenters. The van der Waals surface area contributed by atoms with Crippen LogP contribution >= 0.6 is 0 Å². The van der Waals surface area contributed by atoms with Crippen molar-refractivity contribution in [1.82, 2.24) is 14.3 Å². The number of likely N-dealkylation sites (tertiary alicyclic amines) is 1. The highest BCUT2D eigenvalue weighted by Crippen LogP contribution is 2.31. The number of pyridine rings is 1. The summed E-state index contributed by atoms with van der Waals surface area (Å²) in [6, 6.07) is 3.39. The molecule has 0 bridgehead atoms. The molecule has 1 saturated heterocycles. The average Bonchev–Trinajstić information content (AvgIpc) is 3.13. The molecule has 3 heterocycles. The average molecular weight is 302 g/mol. The first kappa shape index (κ1) is 14.4. The lowest BCUT2D eigenvalue weighted by atomic mass is 9.90. The first-order valence-electron chi connectivity index (χ1n) is 7.09. The van der Waals surface area contributed by atoms with Crippen molar-refractivity contribution in [1.29, 1.82) is 0 Å². The van der Waals surface area contributed by atoms with Crippen LogP contribution in [0.15, 0.2) is 30.7 Å². The van der Waals surface area contributed by atoms with Crippen molar-refractivity contribution in [2.75, 3.05) is 25.5 Å². The van der Waals surface area contributed by atoms with Crippen molar-refractivity contribution in [3.8, 4) is 0 Å². The number of ether oxygens (including phenoxy) is 1. The molecule has 3 rings (SSSR count). The molecule has 116 valence electrons. The maximum atomic E-state index is 12.3. The highest BCUT2D eigenvalue weighted by atomic mass is 16.5. The van der Waals surface area contributed by atoms with E-state index < -0.39 is 5.41 Å². The number of rotatable bonds is 2. The van der Waals surface area contributed by atoms with Gasteiger partial charge in [0.05, 0.1) is 12.5 Å². The van der Waals surface area contributed by atoms with Crippen LogP contribution in [-0.4, -0.2) is 46.5 Å². The second-order valence-corrected chi connectivity index (χ2v) is 5.76. The Bertz CT molecular complexity index is 726. The van der Waals surface area contributed by atoms with E-state index in [2.05, 4.69) is 10.3 Å². The van der Waals surface area contributed by atoms with Gasteiger partial charge >= 0.3 is 12.0 Å². The molecule has 1 unspecified atom stereocenters. The Labute approximate surface area is 127 Å². The number of methoxy groups -OCH3 is 1. The Morgan fingerprint density at radius 3 is 3.00 bits per heavy atom. The molecule has 0 aliphatic carbocycles. The molecule has 2 aromatic rings. The number of nitrogens with one attached hydrogen (secondary N) is 1. The van der Waals surface area contributed by atoms with Crippen LogP contribution in [0.1, 0.15) is 13.3 Å². The monoisotopic (exact) mass is 302 g/mol. The lowest BCUT2D eigenvalue weighted by molar-refractivity contribution is -0.150. The third-order valence-corrected chi connectivity index (χ3v) is 4.09. The van der Waals surface area contributed by atoms with Crippen LogP contribution in [0.2, 0.25) is 0 Å². The van der Waals surface area contributed by atoms with E-state index in [1.807, 2.05) is 29.8 Å². The SMILES string of the molecule is COC(=O)C1(C)CCN(C(=O)Nc2ccn3ccnc3c2)C1. The number of fused-ring (bicyclic) bond motifs is 1. The molecule has 0 spiro atoms. The highest BCUT2D eigenvalue weighted by Gasteiger charge is 2.43. The number of esters is 1. The predicted octanol–water partition coefficient (Wildman–Crippen LogP) is 1.75. The quantitative estimate of drug-likeness (QED) is 0.858. The number of anilines is 1. The zero-order valence-electron chi connectivity index (χ0n) is 12.6. The molecule has 2 aromatic heterocycles. The summed E-state index contributed by atoms with van der Waals surface area (Å²) in [5.41, 5.74) is 0.813. The fourth-order valence-corrected chi connectivity index (χ4v) is 2.74. The van der Waals surface area contributed by atoms with E-state index in [4.69, 9.17) is 4.74 Å². The maximum absolute atomic E-state index is 12.3. The summed E-state index contributed by atoms with van der Waals surface area (Å²) >= 11 is 0. The van der Waals surface area contributed by atoms with Crippen molar-refractivity contribution in [3.63, 3.8) is 0 Å². The zero-order valence-corrected chi connectivity index (χ0v) is 12.6. The van der Waals surface area contributed by atoms with Gasteiger partial charge in [0.25, 0.3) is 0 Å². The van der Waals surface area contributed by atoms with Crippen molar-refractivity contribution in [2.24, 2.45) is 5.41 Å². The Morgan fingerprint density at radius 1 is 1.41 bits per heavy atom. The minimum atomic E-state index is -0.626. The van der Waals surface area contributed by atoms with E-state index in [1.54, 1.807) is 17.2 Å². The topological polar surface area (TPSA) is 75.9 Å². The summed E-state index contributed by atoms with van der Waals surface area (Å²) in [6.45, 7) is 2.71. The molecule has 7 heteroatoms. The van der Waals surface area contributed by atoms with Crippen molar-refractivity contribution in [3.05, 3.63) is 30.7 Å². The van der Waals surface area contributed by atoms with Crippen LogP contribution in [0.4, 0.5) is 10.5 Å². The highest BCUT2D eigenvalue weighted by molar-refractivity contribution is 5.91. The lowest BCUT2D eigenvalue weighted by Crippen LogP contribution is -2.37. The van der Waals surface area contributed by atoms with Gasteiger partial charge in [-0.15, -0.1) is 0 Å². The van der Waals surface area contributed by atoms with E-state index in [0.717, 1.165) is 5.65 Å². The van der Waals surface area contributed by atoms with Gasteiger partial charge in [-0.2, -0.15) is 0 Å². The molecule has 1 N–H and O–H groups in total. The predicted molar refractivity (Wildman–Crippen MR) is 80.5 cm³/mol. The van der Waals surface area contributed by atoms with Crippen molar-refractivity contribution >= 4 is 23.3 Å². The maximum Gasteiger partial charge on any atom is 0.321 e. The van der Waals surface area contributed by atoms with Crippen molar-refractivity contribution < 1.29 is 14.3 Å². The third kappa shape index (κ3) is 2.49. The first-order valence-corrected chi connectivity index (χ1v) is 7.09. The smallest absolute Gasteiger partial charge is 0.321 e. The second-order valence-electron chi connectivity index (χ2n) is 5.76. The van der Waals surface area contributed by atoms with E-state index in [-0.39, 0.29) is 12.0 Å². The van der Waals surface area contributed by atoms with E-state index in [0.29, 0.717) is 25.2 Å². The number of carbonyl (C=O) groups is 2. The number of aromatic nitrogens is 2. The van der Waals surface area contributed by atoms with Gasteiger partial charge in [0.2, 0.25) is 0 Å². The van der Waals surface area contributed by atoms with Crippen LogP contribution in [0.5, 0.6) is 0 Å².